The van der Waals surface area contributed by atoms with Crippen molar-refractivity contribution < 1.29 is 4.74 Å². The summed E-state index contributed by atoms with van der Waals surface area (Å²) in [6.45, 7) is 7.10. The number of nitrogens with one attached hydrogen (secondary N) is 1. The lowest BCUT2D eigenvalue weighted by Crippen LogP contribution is -2.50. The van der Waals surface area contributed by atoms with Crippen molar-refractivity contribution >= 4 is 24.0 Å². The third kappa shape index (κ3) is 4.65. The Morgan fingerprint density at radius 3 is 2.94 bits per heavy atom. The van der Waals surface area contributed by atoms with Crippen LogP contribution in [-0.4, -0.2) is 43.7 Å². The molecule has 0 spiro atoms. The second-order valence-electron chi connectivity index (χ2n) is 4.43. The van der Waals surface area contributed by atoms with Crippen LogP contribution in [-0.2, 0) is 0 Å². The molecule has 0 amide bonds. The maximum absolute atomic E-state index is 6.02. The van der Waals surface area contributed by atoms with E-state index in [4.69, 9.17) is 16.3 Å². The number of hydrogen-bond acceptors (Lipinski definition) is 3. The summed E-state index contributed by atoms with van der Waals surface area (Å²) in [7, 11) is 0. The first-order chi connectivity index (χ1) is 8.25. The maximum atomic E-state index is 6.02. The van der Waals surface area contributed by atoms with E-state index in [1.165, 1.54) is 0 Å². The summed E-state index contributed by atoms with van der Waals surface area (Å²) in [5.74, 6) is 0.775. The van der Waals surface area contributed by atoms with Gasteiger partial charge >= 0.3 is 0 Å². The average Bonchev–Trinajstić information content (AvgIpc) is 2.32. The predicted molar refractivity (Wildman–Crippen MR) is 78.1 cm³/mol. The van der Waals surface area contributed by atoms with Crippen molar-refractivity contribution in [3.8, 4) is 5.75 Å². The number of ether oxygens (including phenoxy) is 1. The first kappa shape index (κ1) is 15.6. The number of rotatable bonds is 4. The van der Waals surface area contributed by atoms with E-state index in [1.54, 1.807) is 0 Å². The van der Waals surface area contributed by atoms with E-state index in [1.807, 2.05) is 24.3 Å². The molecule has 1 saturated heterocycles. The van der Waals surface area contributed by atoms with E-state index in [9.17, 15) is 0 Å². The largest absolute Gasteiger partial charge is 0.491 e. The fraction of sp³-hybridized carbons (Fsp3) is 0.538. The van der Waals surface area contributed by atoms with E-state index in [2.05, 4.69) is 17.1 Å². The lowest BCUT2D eigenvalue weighted by atomic mass is 10.2. The van der Waals surface area contributed by atoms with Crippen molar-refractivity contribution in [2.24, 2.45) is 0 Å². The third-order valence-electron chi connectivity index (χ3n) is 2.95. The van der Waals surface area contributed by atoms with Crippen molar-refractivity contribution in [3.63, 3.8) is 0 Å². The molecule has 0 aromatic heterocycles. The average molecular weight is 291 g/mol. The summed E-state index contributed by atoms with van der Waals surface area (Å²) >= 11 is 6.02. The van der Waals surface area contributed by atoms with Crippen molar-refractivity contribution in [3.05, 3.63) is 29.3 Å². The van der Waals surface area contributed by atoms with Crippen LogP contribution in [0.3, 0.4) is 0 Å². The summed E-state index contributed by atoms with van der Waals surface area (Å²) < 4.78 is 5.68. The van der Waals surface area contributed by atoms with Gasteiger partial charge in [-0.3, -0.25) is 4.90 Å². The van der Waals surface area contributed by atoms with Gasteiger partial charge in [-0.15, -0.1) is 12.4 Å². The van der Waals surface area contributed by atoms with Gasteiger partial charge in [0.1, 0.15) is 12.4 Å². The molecular weight excluding hydrogens is 271 g/mol. The van der Waals surface area contributed by atoms with Crippen LogP contribution in [0.4, 0.5) is 0 Å². The maximum Gasteiger partial charge on any atom is 0.137 e. The normalized spacial score (nSPS) is 20.2. The van der Waals surface area contributed by atoms with Crippen LogP contribution in [0.15, 0.2) is 24.3 Å². The van der Waals surface area contributed by atoms with E-state index in [0.29, 0.717) is 17.7 Å². The summed E-state index contributed by atoms with van der Waals surface area (Å²) in [5, 5.41) is 4.11. The molecule has 3 nitrogen and oxygen atoms in total. The number of hydrogen-bond donors (Lipinski definition) is 1. The number of para-hydroxylation sites is 1. The molecule has 0 radical (unpaired) electrons. The number of nitrogens with zero attached hydrogens (tertiary/aromatic N) is 1. The van der Waals surface area contributed by atoms with E-state index < -0.39 is 0 Å². The molecule has 1 aromatic carbocycles. The predicted octanol–water partition coefficient (Wildman–Crippen LogP) is 2.43. The van der Waals surface area contributed by atoms with Crippen LogP contribution < -0.4 is 10.1 Å². The van der Waals surface area contributed by atoms with Gasteiger partial charge in [-0.05, 0) is 19.1 Å². The SMILES string of the molecule is CC1CN(CCOc2ccccc2Cl)CCN1.Cl. The Hall–Kier alpha value is -0.480. The lowest BCUT2D eigenvalue weighted by molar-refractivity contribution is 0.170. The van der Waals surface area contributed by atoms with Crippen LogP contribution in [0.1, 0.15) is 6.92 Å². The highest BCUT2D eigenvalue weighted by molar-refractivity contribution is 6.32. The highest BCUT2D eigenvalue weighted by atomic mass is 35.5. The van der Waals surface area contributed by atoms with Crippen LogP contribution in [0.25, 0.3) is 0 Å². The zero-order chi connectivity index (χ0) is 12.1. The van der Waals surface area contributed by atoms with E-state index >= 15 is 0 Å². The Balaban J connectivity index is 0.00000162. The van der Waals surface area contributed by atoms with Gasteiger partial charge in [-0.2, -0.15) is 0 Å². The minimum absolute atomic E-state index is 0. The molecule has 1 aliphatic rings. The first-order valence-electron chi connectivity index (χ1n) is 6.09. The molecule has 5 heteroatoms. The second kappa shape index (κ2) is 7.85. The monoisotopic (exact) mass is 290 g/mol. The molecule has 0 aliphatic carbocycles. The van der Waals surface area contributed by atoms with Gasteiger partial charge < -0.3 is 10.1 Å². The Kier molecular flexibility index (Phi) is 6.79. The fourth-order valence-electron chi connectivity index (χ4n) is 2.06. The molecule has 1 aromatic rings. The van der Waals surface area contributed by atoms with Crippen LogP contribution in [0.2, 0.25) is 5.02 Å². The first-order valence-corrected chi connectivity index (χ1v) is 6.46. The Morgan fingerprint density at radius 1 is 1.44 bits per heavy atom. The molecule has 1 atom stereocenters. The van der Waals surface area contributed by atoms with E-state index in [0.717, 1.165) is 31.9 Å². The molecule has 1 aliphatic heterocycles. The second-order valence-corrected chi connectivity index (χ2v) is 4.84. The number of benzene rings is 1. The van der Waals surface area contributed by atoms with Crippen LogP contribution in [0, 0.1) is 0 Å². The van der Waals surface area contributed by atoms with Crippen molar-refractivity contribution in [2.45, 2.75) is 13.0 Å². The molecule has 1 fully saturated rings. The third-order valence-corrected chi connectivity index (χ3v) is 3.27. The highest BCUT2D eigenvalue weighted by Crippen LogP contribution is 2.22. The quantitative estimate of drug-likeness (QED) is 0.922. The summed E-state index contributed by atoms with van der Waals surface area (Å²) in [6.07, 6.45) is 0. The van der Waals surface area contributed by atoms with Gasteiger partial charge in [-0.1, -0.05) is 23.7 Å². The van der Waals surface area contributed by atoms with Gasteiger partial charge in [0, 0.05) is 32.2 Å². The van der Waals surface area contributed by atoms with Gasteiger partial charge in [0.25, 0.3) is 0 Å². The lowest BCUT2D eigenvalue weighted by Gasteiger charge is -2.31. The zero-order valence-corrected chi connectivity index (χ0v) is 12.1. The van der Waals surface area contributed by atoms with Gasteiger partial charge in [0.05, 0.1) is 5.02 Å². The van der Waals surface area contributed by atoms with Crippen LogP contribution >= 0.6 is 24.0 Å². The van der Waals surface area contributed by atoms with Crippen molar-refractivity contribution in [2.75, 3.05) is 32.8 Å². The molecule has 1 unspecified atom stereocenters. The standard InChI is InChI=1S/C13H19ClN2O.ClH/c1-11-10-16(7-6-15-11)8-9-17-13-5-3-2-4-12(13)14;/h2-5,11,15H,6-10H2,1H3;1H. The van der Waals surface area contributed by atoms with Crippen molar-refractivity contribution in [1.82, 2.24) is 10.2 Å². The zero-order valence-electron chi connectivity index (χ0n) is 10.6. The van der Waals surface area contributed by atoms with Gasteiger partial charge in [0.15, 0.2) is 0 Å². The topological polar surface area (TPSA) is 24.5 Å². The Labute approximate surface area is 120 Å². The Morgan fingerprint density at radius 2 is 2.22 bits per heavy atom. The smallest absolute Gasteiger partial charge is 0.137 e. The minimum atomic E-state index is 0. The summed E-state index contributed by atoms with van der Waals surface area (Å²) in [5.41, 5.74) is 0. The molecule has 102 valence electrons. The molecule has 2 rings (SSSR count). The molecule has 18 heavy (non-hydrogen) atoms. The van der Waals surface area contributed by atoms with E-state index in [-0.39, 0.29) is 12.4 Å². The van der Waals surface area contributed by atoms with Gasteiger partial charge in [0.2, 0.25) is 0 Å². The Bertz CT molecular complexity index is 363. The van der Waals surface area contributed by atoms with Crippen LogP contribution in [0.5, 0.6) is 5.75 Å². The molecule has 1 heterocycles. The molecule has 0 saturated carbocycles. The summed E-state index contributed by atoms with van der Waals surface area (Å²) in [6, 6.07) is 8.18. The summed E-state index contributed by atoms with van der Waals surface area (Å²) in [4.78, 5) is 2.41. The minimum Gasteiger partial charge on any atom is -0.491 e. The number of halogens is 2. The fourth-order valence-corrected chi connectivity index (χ4v) is 2.25. The highest BCUT2D eigenvalue weighted by Gasteiger charge is 2.14. The molecular formula is C13H20Cl2N2O. The molecule has 0 bridgehead atoms. The number of piperazine rings is 1. The van der Waals surface area contributed by atoms with Gasteiger partial charge in [-0.25, -0.2) is 0 Å². The van der Waals surface area contributed by atoms with Crippen molar-refractivity contribution in [1.29, 1.82) is 0 Å². The molecule has 1 N–H and O–H groups in total.